The lowest BCUT2D eigenvalue weighted by atomic mass is 9.98. The summed E-state index contributed by atoms with van der Waals surface area (Å²) in [6.07, 6.45) is 41.1. The second-order valence-corrected chi connectivity index (χ2v) is 12.4. The molecule has 0 saturated heterocycles. The maximum atomic E-state index is 12.0. The molecule has 242 valence electrons. The summed E-state index contributed by atoms with van der Waals surface area (Å²) in [5, 5.41) is 9.04. The number of unbranched alkanes of at least 4 members (excludes halogenated alkanes) is 24. The highest BCUT2D eigenvalue weighted by Gasteiger charge is 2.22. The lowest BCUT2D eigenvalue weighted by molar-refractivity contribution is -0.153. The van der Waals surface area contributed by atoms with Crippen molar-refractivity contribution in [2.45, 2.75) is 200 Å². The Labute approximate surface area is 255 Å². The van der Waals surface area contributed by atoms with E-state index in [0.29, 0.717) is 13.0 Å². The molecule has 0 amide bonds. The number of aliphatic carboxylic acids is 1. The Hall–Kier alpha value is -1.32. The maximum absolute atomic E-state index is 12.0. The molecule has 0 aliphatic carbocycles. The van der Waals surface area contributed by atoms with E-state index in [1.807, 2.05) is 6.92 Å². The summed E-state index contributed by atoms with van der Waals surface area (Å²) in [6, 6.07) is 0. The van der Waals surface area contributed by atoms with E-state index < -0.39 is 11.9 Å². The van der Waals surface area contributed by atoms with Crippen LogP contribution >= 0.6 is 0 Å². The minimum Gasteiger partial charge on any atom is -0.481 e. The molecule has 1 unspecified atom stereocenters. The van der Waals surface area contributed by atoms with Gasteiger partial charge in [0.15, 0.2) is 0 Å². The fourth-order valence-corrected chi connectivity index (χ4v) is 5.59. The largest absolute Gasteiger partial charge is 0.481 e. The average Bonchev–Trinajstić information content (AvgIpc) is 2.96. The average molecular weight is 579 g/mol. The molecule has 0 bridgehead atoms. The fraction of sp³-hybridized carbons (Fsp3) is 0.892. The summed E-state index contributed by atoms with van der Waals surface area (Å²) in [4.78, 5) is 23.0. The van der Waals surface area contributed by atoms with Crippen LogP contribution in [0.25, 0.3) is 0 Å². The van der Waals surface area contributed by atoms with Gasteiger partial charge in [0.05, 0.1) is 18.9 Å². The van der Waals surface area contributed by atoms with Crippen LogP contribution in [0.1, 0.15) is 200 Å². The zero-order valence-corrected chi connectivity index (χ0v) is 27.6. The summed E-state index contributed by atoms with van der Waals surface area (Å²) in [6.45, 7) is 4.60. The number of rotatable bonds is 33. The van der Waals surface area contributed by atoms with Crippen molar-refractivity contribution in [1.82, 2.24) is 0 Å². The Bertz CT molecular complexity index is 585. The highest BCUT2D eigenvalue weighted by atomic mass is 16.5. The van der Waals surface area contributed by atoms with Crippen molar-refractivity contribution < 1.29 is 19.4 Å². The summed E-state index contributed by atoms with van der Waals surface area (Å²) in [5.74, 6) is -1.79. The zero-order chi connectivity index (χ0) is 30.1. The molecule has 0 aromatic rings. The Kier molecular flexibility index (Phi) is 32.1. The van der Waals surface area contributed by atoms with Crippen molar-refractivity contribution in [3.63, 3.8) is 0 Å². The Balaban J connectivity index is 3.34. The van der Waals surface area contributed by atoms with Gasteiger partial charge in [-0.2, -0.15) is 0 Å². The van der Waals surface area contributed by atoms with Crippen molar-refractivity contribution >= 4 is 11.9 Å². The van der Waals surface area contributed by atoms with Gasteiger partial charge < -0.3 is 9.84 Å². The van der Waals surface area contributed by atoms with E-state index in [1.165, 1.54) is 141 Å². The topological polar surface area (TPSA) is 63.6 Å². The zero-order valence-electron chi connectivity index (χ0n) is 27.6. The van der Waals surface area contributed by atoms with Gasteiger partial charge >= 0.3 is 11.9 Å². The van der Waals surface area contributed by atoms with Crippen molar-refractivity contribution in [3.8, 4) is 0 Å². The van der Waals surface area contributed by atoms with Gasteiger partial charge in [0.2, 0.25) is 0 Å². The molecule has 0 heterocycles. The van der Waals surface area contributed by atoms with E-state index in [9.17, 15) is 9.59 Å². The smallest absolute Gasteiger partial charge is 0.309 e. The summed E-state index contributed by atoms with van der Waals surface area (Å²) >= 11 is 0. The third kappa shape index (κ3) is 31.4. The van der Waals surface area contributed by atoms with Crippen molar-refractivity contribution in [2.24, 2.45) is 5.92 Å². The highest BCUT2D eigenvalue weighted by molar-refractivity contribution is 5.79. The molecule has 0 fully saturated rings. The molecular weight excluding hydrogens is 508 g/mol. The first kappa shape index (κ1) is 39.7. The number of esters is 1. The SMILES string of the molecule is CCCCCCCCCCCCCCCCCCCCCCCC/C=C/CCCCC(CC(=O)O)C(=O)OCCC. The molecule has 1 N–H and O–H groups in total. The third-order valence-electron chi connectivity index (χ3n) is 8.27. The van der Waals surface area contributed by atoms with Gasteiger partial charge in [-0.1, -0.05) is 167 Å². The summed E-state index contributed by atoms with van der Waals surface area (Å²) in [5.41, 5.74) is 0. The Morgan fingerprint density at radius 2 is 0.902 bits per heavy atom. The van der Waals surface area contributed by atoms with E-state index in [-0.39, 0.29) is 12.4 Å². The number of carbonyl (C=O) groups excluding carboxylic acids is 1. The number of carbonyl (C=O) groups is 2. The Morgan fingerprint density at radius 3 is 1.27 bits per heavy atom. The van der Waals surface area contributed by atoms with E-state index >= 15 is 0 Å². The quantitative estimate of drug-likeness (QED) is 0.0478. The van der Waals surface area contributed by atoms with Gasteiger partial charge in [0.25, 0.3) is 0 Å². The second-order valence-electron chi connectivity index (χ2n) is 12.4. The van der Waals surface area contributed by atoms with E-state index in [1.54, 1.807) is 0 Å². The molecular formula is C37H70O4. The molecule has 0 saturated carbocycles. The standard InChI is InChI=1S/C37H70O4/c1-3-5-6-7-8-9-10-11-12-13-14-15-16-17-18-19-20-21-22-23-24-25-26-27-28-29-30-31-32-35(34-36(38)39)37(40)41-33-4-2/h27-28,35H,3-26,29-34H2,1-2H3,(H,38,39)/b28-27+. The minimum atomic E-state index is -0.927. The number of ether oxygens (including phenoxy) is 1. The maximum Gasteiger partial charge on any atom is 0.309 e. The molecule has 4 nitrogen and oxygen atoms in total. The third-order valence-corrected chi connectivity index (χ3v) is 8.27. The molecule has 0 rings (SSSR count). The molecule has 0 aliphatic rings. The molecule has 0 aromatic heterocycles. The van der Waals surface area contributed by atoms with Crippen LogP contribution < -0.4 is 0 Å². The van der Waals surface area contributed by atoms with E-state index in [4.69, 9.17) is 9.84 Å². The van der Waals surface area contributed by atoms with Crippen LogP contribution in [-0.4, -0.2) is 23.7 Å². The van der Waals surface area contributed by atoms with Gasteiger partial charge in [-0.3, -0.25) is 9.59 Å². The normalized spacial score (nSPS) is 12.2. The molecule has 0 aromatic carbocycles. The summed E-state index contributed by atoms with van der Waals surface area (Å²) in [7, 11) is 0. The predicted octanol–water partition coefficient (Wildman–Crippen LogP) is 12.1. The molecule has 0 radical (unpaired) electrons. The Morgan fingerprint density at radius 1 is 0.537 bits per heavy atom. The number of hydrogen-bond acceptors (Lipinski definition) is 3. The molecule has 0 aliphatic heterocycles. The van der Waals surface area contributed by atoms with Gasteiger partial charge in [0, 0.05) is 0 Å². The lowest BCUT2D eigenvalue weighted by Crippen LogP contribution is -2.21. The number of carboxylic acids is 1. The first-order valence-corrected chi connectivity index (χ1v) is 18.1. The lowest BCUT2D eigenvalue weighted by Gasteiger charge is -2.13. The van der Waals surface area contributed by atoms with Crippen LogP contribution in [0, 0.1) is 5.92 Å². The van der Waals surface area contributed by atoms with Crippen LogP contribution in [0.15, 0.2) is 12.2 Å². The number of allylic oxidation sites excluding steroid dienone is 2. The van der Waals surface area contributed by atoms with Crippen LogP contribution in [-0.2, 0) is 14.3 Å². The van der Waals surface area contributed by atoms with Gasteiger partial charge in [0.1, 0.15) is 0 Å². The monoisotopic (exact) mass is 579 g/mol. The van der Waals surface area contributed by atoms with Gasteiger partial charge in [-0.25, -0.2) is 0 Å². The van der Waals surface area contributed by atoms with Crippen molar-refractivity contribution in [2.75, 3.05) is 6.61 Å². The van der Waals surface area contributed by atoms with Crippen LogP contribution in [0.2, 0.25) is 0 Å². The number of hydrogen-bond donors (Lipinski definition) is 1. The highest BCUT2D eigenvalue weighted by Crippen LogP contribution is 2.18. The second kappa shape index (κ2) is 33.2. The first-order chi connectivity index (χ1) is 20.1. The van der Waals surface area contributed by atoms with Crippen molar-refractivity contribution in [1.29, 1.82) is 0 Å². The molecule has 0 spiro atoms. The van der Waals surface area contributed by atoms with Crippen molar-refractivity contribution in [3.05, 3.63) is 12.2 Å². The van der Waals surface area contributed by atoms with Crippen LogP contribution in [0.3, 0.4) is 0 Å². The van der Waals surface area contributed by atoms with Crippen LogP contribution in [0.4, 0.5) is 0 Å². The fourth-order valence-electron chi connectivity index (χ4n) is 5.59. The van der Waals surface area contributed by atoms with Gasteiger partial charge in [-0.05, 0) is 38.5 Å². The molecule has 41 heavy (non-hydrogen) atoms. The predicted molar refractivity (Wildman–Crippen MR) is 176 cm³/mol. The first-order valence-electron chi connectivity index (χ1n) is 18.1. The minimum absolute atomic E-state index is 0.127. The number of carboxylic acid groups (broad SMARTS) is 1. The van der Waals surface area contributed by atoms with Gasteiger partial charge in [-0.15, -0.1) is 0 Å². The summed E-state index contributed by atoms with van der Waals surface area (Å²) < 4.78 is 5.15. The molecule has 1 atom stereocenters. The molecule has 4 heteroatoms. The van der Waals surface area contributed by atoms with Crippen LogP contribution in [0.5, 0.6) is 0 Å². The van der Waals surface area contributed by atoms with E-state index in [0.717, 1.165) is 32.1 Å². The van der Waals surface area contributed by atoms with E-state index in [2.05, 4.69) is 19.1 Å².